The van der Waals surface area contributed by atoms with Crippen molar-refractivity contribution in [1.29, 1.82) is 0 Å². The molecule has 2 N–H and O–H groups in total. The zero-order valence-electron chi connectivity index (χ0n) is 13.5. The van der Waals surface area contributed by atoms with Crippen molar-refractivity contribution in [2.75, 3.05) is 7.05 Å². The van der Waals surface area contributed by atoms with Gasteiger partial charge in [0.1, 0.15) is 18.7 Å². The molecule has 7 heteroatoms. The fourth-order valence-corrected chi connectivity index (χ4v) is 2.23. The van der Waals surface area contributed by atoms with Crippen LogP contribution in [-0.4, -0.2) is 39.7 Å². The molecule has 1 atom stereocenters. The Bertz CT molecular complexity index is 650. The maximum atomic E-state index is 12.3. The Morgan fingerprint density at radius 2 is 1.91 bits per heavy atom. The van der Waals surface area contributed by atoms with Crippen molar-refractivity contribution in [3.8, 4) is 5.69 Å². The molecule has 1 heterocycles. The number of benzene rings is 1. The summed E-state index contributed by atoms with van der Waals surface area (Å²) >= 11 is 0. The largest absolute Gasteiger partial charge is 0.357 e. The molecule has 7 nitrogen and oxygen atoms in total. The molecule has 1 aromatic carbocycles. The summed E-state index contributed by atoms with van der Waals surface area (Å²) < 4.78 is 1.60. The van der Waals surface area contributed by atoms with Crippen molar-refractivity contribution < 1.29 is 9.59 Å². The fraction of sp³-hybridized carbons (Fsp3) is 0.375. The summed E-state index contributed by atoms with van der Waals surface area (Å²) in [5.41, 5.74) is 1.30. The van der Waals surface area contributed by atoms with Gasteiger partial charge in [0, 0.05) is 12.6 Å². The molecule has 2 rings (SSSR count). The Hall–Kier alpha value is -2.70. The third-order valence-corrected chi connectivity index (χ3v) is 3.39. The van der Waals surface area contributed by atoms with Gasteiger partial charge in [-0.2, -0.15) is 5.10 Å². The summed E-state index contributed by atoms with van der Waals surface area (Å²) in [7, 11) is 1.56. The van der Waals surface area contributed by atoms with Crippen molar-refractivity contribution in [1.82, 2.24) is 25.4 Å². The van der Waals surface area contributed by atoms with Crippen molar-refractivity contribution in [2.24, 2.45) is 5.92 Å². The van der Waals surface area contributed by atoms with Crippen molar-refractivity contribution in [2.45, 2.75) is 26.3 Å². The average Bonchev–Trinajstić information content (AvgIpc) is 3.07. The van der Waals surface area contributed by atoms with Crippen molar-refractivity contribution in [3.63, 3.8) is 0 Å². The first-order chi connectivity index (χ1) is 11.0. The van der Waals surface area contributed by atoms with Crippen LogP contribution in [0.25, 0.3) is 5.69 Å². The first kappa shape index (κ1) is 16.7. The molecular formula is C16H21N5O2. The summed E-state index contributed by atoms with van der Waals surface area (Å²) in [6.45, 7) is 4.02. The maximum absolute atomic E-state index is 12.3. The molecule has 23 heavy (non-hydrogen) atoms. The Morgan fingerprint density at radius 3 is 2.43 bits per heavy atom. The number of nitrogens with zero attached hydrogens (tertiary/aromatic N) is 3. The van der Waals surface area contributed by atoms with E-state index in [1.54, 1.807) is 42.3 Å². The first-order valence-electron chi connectivity index (χ1n) is 7.48. The molecule has 2 aromatic rings. The zero-order valence-corrected chi connectivity index (χ0v) is 13.5. The Morgan fingerprint density at radius 1 is 1.22 bits per heavy atom. The minimum atomic E-state index is -0.539. The molecule has 1 aromatic heterocycles. The lowest BCUT2D eigenvalue weighted by Gasteiger charge is -2.19. The van der Waals surface area contributed by atoms with E-state index in [1.807, 2.05) is 13.8 Å². The van der Waals surface area contributed by atoms with E-state index < -0.39 is 6.04 Å². The van der Waals surface area contributed by atoms with Gasteiger partial charge in [0.25, 0.3) is 5.91 Å². The summed E-state index contributed by atoms with van der Waals surface area (Å²) in [6.07, 6.45) is 3.61. The summed E-state index contributed by atoms with van der Waals surface area (Å²) in [5, 5.41) is 9.39. The van der Waals surface area contributed by atoms with E-state index in [0.29, 0.717) is 17.9 Å². The van der Waals surface area contributed by atoms with Gasteiger partial charge in [-0.25, -0.2) is 9.67 Å². The standard InChI is InChI=1S/C16H21N5O2/c1-11(2)8-14(16(23)17-3)20-15(22)12-4-6-13(7-5-12)21-10-18-9-19-21/h4-7,9-11,14H,8H2,1-3H3,(H,17,23)(H,20,22)/t14-/m1/s1. The van der Waals surface area contributed by atoms with Gasteiger partial charge >= 0.3 is 0 Å². The molecule has 0 aliphatic carbocycles. The van der Waals surface area contributed by atoms with E-state index in [9.17, 15) is 9.59 Å². The second kappa shape index (κ2) is 7.53. The van der Waals surface area contributed by atoms with Crippen LogP contribution in [0.4, 0.5) is 0 Å². The Labute approximate surface area is 135 Å². The Kier molecular flexibility index (Phi) is 5.46. The normalized spacial score (nSPS) is 12.0. The van der Waals surface area contributed by atoms with Crippen LogP contribution < -0.4 is 10.6 Å². The van der Waals surface area contributed by atoms with Gasteiger partial charge in [-0.1, -0.05) is 13.8 Å². The fourth-order valence-electron chi connectivity index (χ4n) is 2.23. The second-order valence-electron chi connectivity index (χ2n) is 5.66. The molecule has 0 aliphatic rings. The number of likely N-dealkylation sites (N-methyl/N-ethyl adjacent to an activating group) is 1. The number of rotatable bonds is 6. The highest BCUT2D eigenvalue weighted by atomic mass is 16.2. The molecule has 0 bridgehead atoms. The third-order valence-electron chi connectivity index (χ3n) is 3.39. The van der Waals surface area contributed by atoms with Crippen LogP contribution in [0.2, 0.25) is 0 Å². The van der Waals surface area contributed by atoms with Gasteiger partial charge in [-0.05, 0) is 36.6 Å². The molecule has 0 aliphatic heterocycles. The van der Waals surface area contributed by atoms with Gasteiger partial charge in [0.05, 0.1) is 5.69 Å². The van der Waals surface area contributed by atoms with Crippen molar-refractivity contribution >= 4 is 11.8 Å². The van der Waals surface area contributed by atoms with Crippen LogP contribution in [0.15, 0.2) is 36.9 Å². The van der Waals surface area contributed by atoms with Crippen molar-refractivity contribution in [3.05, 3.63) is 42.5 Å². The van der Waals surface area contributed by atoms with E-state index >= 15 is 0 Å². The highest BCUT2D eigenvalue weighted by Crippen LogP contribution is 2.10. The molecule has 0 fully saturated rings. The molecule has 0 unspecified atom stereocenters. The molecule has 122 valence electrons. The molecular weight excluding hydrogens is 294 g/mol. The summed E-state index contributed by atoms with van der Waals surface area (Å²) in [5.74, 6) is -0.164. The van der Waals surface area contributed by atoms with Gasteiger partial charge in [-0.3, -0.25) is 9.59 Å². The second-order valence-corrected chi connectivity index (χ2v) is 5.66. The summed E-state index contributed by atoms with van der Waals surface area (Å²) in [6, 6.07) is 6.41. The molecule has 0 saturated carbocycles. The molecule has 0 saturated heterocycles. The predicted molar refractivity (Wildman–Crippen MR) is 86.1 cm³/mol. The van der Waals surface area contributed by atoms with Gasteiger partial charge in [0.2, 0.25) is 5.91 Å². The number of hydrogen-bond acceptors (Lipinski definition) is 4. The number of carbonyl (C=O) groups excluding carboxylic acids is 2. The van der Waals surface area contributed by atoms with Gasteiger partial charge in [0.15, 0.2) is 0 Å². The number of amides is 2. The number of hydrogen-bond donors (Lipinski definition) is 2. The van der Waals surface area contributed by atoms with E-state index in [4.69, 9.17) is 0 Å². The van der Waals surface area contributed by atoms with E-state index in [1.165, 1.54) is 6.33 Å². The quantitative estimate of drug-likeness (QED) is 0.837. The highest BCUT2D eigenvalue weighted by Gasteiger charge is 2.21. The van der Waals surface area contributed by atoms with E-state index in [0.717, 1.165) is 5.69 Å². The minimum Gasteiger partial charge on any atom is -0.357 e. The van der Waals surface area contributed by atoms with E-state index in [-0.39, 0.29) is 11.8 Å². The van der Waals surface area contributed by atoms with Crippen LogP contribution in [0.3, 0.4) is 0 Å². The smallest absolute Gasteiger partial charge is 0.251 e. The predicted octanol–water partition coefficient (Wildman–Crippen LogP) is 1.16. The van der Waals surface area contributed by atoms with Crippen LogP contribution in [0, 0.1) is 5.92 Å². The van der Waals surface area contributed by atoms with Gasteiger partial charge < -0.3 is 10.6 Å². The minimum absolute atomic E-state index is 0.189. The maximum Gasteiger partial charge on any atom is 0.251 e. The number of nitrogens with one attached hydrogen (secondary N) is 2. The SMILES string of the molecule is CNC(=O)[C@@H](CC(C)C)NC(=O)c1ccc(-n2cncn2)cc1. The van der Waals surface area contributed by atoms with Gasteiger partial charge in [-0.15, -0.1) is 0 Å². The Balaban J connectivity index is 2.08. The van der Waals surface area contributed by atoms with E-state index in [2.05, 4.69) is 20.7 Å². The molecule has 2 amide bonds. The van der Waals surface area contributed by atoms with Crippen LogP contribution in [0.5, 0.6) is 0 Å². The lowest BCUT2D eigenvalue weighted by Crippen LogP contribution is -2.46. The third kappa shape index (κ3) is 4.38. The molecule has 0 radical (unpaired) electrons. The first-order valence-corrected chi connectivity index (χ1v) is 7.48. The number of aromatic nitrogens is 3. The van der Waals surface area contributed by atoms with Crippen LogP contribution >= 0.6 is 0 Å². The van der Waals surface area contributed by atoms with Crippen LogP contribution in [-0.2, 0) is 4.79 Å². The number of carbonyl (C=O) groups is 2. The summed E-state index contributed by atoms with van der Waals surface area (Å²) in [4.78, 5) is 28.1. The molecule has 0 spiro atoms. The monoisotopic (exact) mass is 315 g/mol. The zero-order chi connectivity index (χ0) is 16.8. The highest BCUT2D eigenvalue weighted by molar-refractivity contribution is 5.97. The van der Waals surface area contributed by atoms with Crippen LogP contribution in [0.1, 0.15) is 30.6 Å². The topological polar surface area (TPSA) is 88.9 Å². The lowest BCUT2D eigenvalue weighted by atomic mass is 10.0. The average molecular weight is 315 g/mol. The lowest BCUT2D eigenvalue weighted by molar-refractivity contribution is -0.122.